The molecule has 1 aliphatic heterocycles. The standard InChI is InChI=1S/C17H16FNO2/c1-10-11(2)21-16-14(10)4-3-5-15(16)17(20)19-13-8-6-12(18)7-9-13/h3-11H,1-2H3,(H,19,20). The number of carbonyl (C=O) groups is 1. The predicted molar refractivity (Wildman–Crippen MR) is 79.3 cm³/mol. The van der Waals surface area contributed by atoms with Gasteiger partial charge in [-0.1, -0.05) is 19.1 Å². The smallest absolute Gasteiger partial charge is 0.259 e. The average Bonchev–Trinajstić information content (AvgIpc) is 2.77. The van der Waals surface area contributed by atoms with E-state index in [0.29, 0.717) is 17.0 Å². The van der Waals surface area contributed by atoms with Crippen LogP contribution < -0.4 is 10.1 Å². The number of amides is 1. The number of rotatable bonds is 2. The number of halogens is 1. The third-order valence-electron chi connectivity index (χ3n) is 3.89. The summed E-state index contributed by atoms with van der Waals surface area (Å²) in [5, 5.41) is 2.76. The van der Waals surface area contributed by atoms with Gasteiger partial charge in [-0.2, -0.15) is 0 Å². The van der Waals surface area contributed by atoms with E-state index in [9.17, 15) is 9.18 Å². The van der Waals surface area contributed by atoms with Gasteiger partial charge >= 0.3 is 0 Å². The van der Waals surface area contributed by atoms with E-state index in [0.717, 1.165) is 5.56 Å². The summed E-state index contributed by atoms with van der Waals surface area (Å²) in [5.41, 5.74) is 2.11. The molecule has 0 aromatic heterocycles. The third-order valence-corrected chi connectivity index (χ3v) is 3.89. The second kappa shape index (κ2) is 5.20. The van der Waals surface area contributed by atoms with Crippen molar-refractivity contribution in [3.63, 3.8) is 0 Å². The van der Waals surface area contributed by atoms with Crippen LogP contribution in [-0.2, 0) is 0 Å². The number of fused-ring (bicyclic) bond motifs is 1. The Morgan fingerprint density at radius 3 is 2.57 bits per heavy atom. The van der Waals surface area contributed by atoms with E-state index in [1.807, 2.05) is 19.1 Å². The Labute approximate surface area is 122 Å². The first-order valence-corrected chi connectivity index (χ1v) is 6.93. The molecule has 2 aromatic rings. The fourth-order valence-electron chi connectivity index (χ4n) is 2.50. The van der Waals surface area contributed by atoms with Crippen LogP contribution in [0.15, 0.2) is 42.5 Å². The van der Waals surface area contributed by atoms with Crippen LogP contribution in [-0.4, -0.2) is 12.0 Å². The lowest BCUT2D eigenvalue weighted by atomic mass is 9.97. The monoisotopic (exact) mass is 285 g/mol. The topological polar surface area (TPSA) is 38.3 Å². The van der Waals surface area contributed by atoms with Crippen molar-refractivity contribution in [3.05, 3.63) is 59.4 Å². The molecule has 0 bridgehead atoms. The number of anilines is 1. The minimum absolute atomic E-state index is 0.0553. The summed E-state index contributed by atoms with van der Waals surface area (Å²) >= 11 is 0. The molecule has 1 aliphatic rings. The summed E-state index contributed by atoms with van der Waals surface area (Å²) in [6.45, 7) is 4.07. The van der Waals surface area contributed by atoms with Crippen molar-refractivity contribution in [3.8, 4) is 5.75 Å². The molecule has 3 nitrogen and oxygen atoms in total. The Hall–Kier alpha value is -2.36. The van der Waals surface area contributed by atoms with Crippen LogP contribution in [0.25, 0.3) is 0 Å². The number of carbonyl (C=O) groups excluding carboxylic acids is 1. The molecule has 1 N–H and O–H groups in total. The van der Waals surface area contributed by atoms with Gasteiger partial charge in [0.2, 0.25) is 0 Å². The Balaban J connectivity index is 1.88. The molecule has 0 saturated heterocycles. The van der Waals surface area contributed by atoms with Crippen molar-refractivity contribution >= 4 is 11.6 Å². The van der Waals surface area contributed by atoms with Crippen LogP contribution in [0.4, 0.5) is 10.1 Å². The molecule has 2 unspecified atom stereocenters. The van der Waals surface area contributed by atoms with Crippen LogP contribution in [0.2, 0.25) is 0 Å². The fourth-order valence-corrected chi connectivity index (χ4v) is 2.50. The van der Waals surface area contributed by atoms with Crippen molar-refractivity contribution in [2.45, 2.75) is 25.9 Å². The van der Waals surface area contributed by atoms with E-state index < -0.39 is 0 Å². The molecule has 0 radical (unpaired) electrons. The maximum atomic E-state index is 12.9. The van der Waals surface area contributed by atoms with Gasteiger partial charge in [0.05, 0.1) is 5.56 Å². The van der Waals surface area contributed by atoms with Gasteiger partial charge in [-0.25, -0.2) is 4.39 Å². The Morgan fingerprint density at radius 1 is 1.14 bits per heavy atom. The normalized spacial score (nSPS) is 19.8. The maximum Gasteiger partial charge on any atom is 0.259 e. The quantitative estimate of drug-likeness (QED) is 0.907. The molecule has 0 spiro atoms. The molecule has 0 aliphatic carbocycles. The van der Waals surface area contributed by atoms with Crippen molar-refractivity contribution in [2.24, 2.45) is 0 Å². The average molecular weight is 285 g/mol. The second-order valence-corrected chi connectivity index (χ2v) is 5.30. The van der Waals surface area contributed by atoms with Crippen molar-refractivity contribution < 1.29 is 13.9 Å². The van der Waals surface area contributed by atoms with Gasteiger partial charge in [0, 0.05) is 17.2 Å². The zero-order valence-electron chi connectivity index (χ0n) is 11.9. The highest BCUT2D eigenvalue weighted by Gasteiger charge is 2.30. The van der Waals surface area contributed by atoms with Gasteiger partial charge in [-0.3, -0.25) is 4.79 Å². The van der Waals surface area contributed by atoms with Gasteiger partial charge in [-0.05, 0) is 37.3 Å². The highest BCUT2D eigenvalue weighted by Crippen LogP contribution is 2.40. The summed E-state index contributed by atoms with van der Waals surface area (Å²) in [4.78, 5) is 12.4. The van der Waals surface area contributed by atoms with Crippen LogP contribution in [0, 0.1) is 5.82 Å². The van der Waals surface area contributed by atoms with Gasteiger partial charge in [0.25, 0.3) is 5.91 Å². The number of benzene rings is 2. The molecule has 1 amide bonds. The molecular formula is C17H16FNO2. The van der Waals surface area contributed by atoms with E-state index in [4.69, 9.17) is 4.74 Å². The van der Waals surface area contributed by atoms with Gasteiger partial charge in [-0.15, -0.1) is 0 Å². The second-order valence-electron chi connectivity index (χ2n) is 5.30. The van der Waals surface area contributed by atoms with E-state index in [-0.39, 0.29) is 23.7 Å². The molecule has 108 valence electrons. The third kappa shape index (κ3) is 2.49. The molecule has 1 heterocycles. The molecule has 0 fully saturated rings. The predicted octanol–water partition coefficient (Wildman–Crippen LogP) is 3.96. The number of nitrogens with one attached hydrogen (secondary N) is 1. The van der Waals surface area contributed by atoms with Gasteiger partial charge in [0.15, 0.2) is 0 Å². The first-order chi connectivity index (χ1) is 10.1. The zero-order chi connectivity index (χ0) is 15.0. The molecule has 3 rings (SSSR count). The van der Waals surface area contributed by atoms with Crippen LogP contribution in [0.1, 0.15) is 35.7 Å². The molecular weight excluding hydrogens is 269 g/mol. The van der Waals surface area contributed by atoms with E-state index in [1.54, 1.807) is 6.07 Å². The van der Waals surface area contributed by atoms with Gasteiger partial charge in [0.1, 0.15) is 17.7 Å². The lowest BCUT2D eigenvalue weighted by Gasteiger charge is -2.10. The summed E-state index contributed by atoms with van der Waals surface area (Å²) in [5.74, 6) is 0.329. The molecule has 0 saturated carbocycles. The van der Waals surface area contributed by atoms with E-state index >= 15 is 0 Å². The summed E-state index contributed by atoms with van der Waals surface area (Å²) in [7, 11) is 0. The van der Waals surface area contributed by atoms with Gasteiger partial charge < -0.3 is 10.1 Å². The summed E-state index contributed by atoms with van der Waals surface area (Å²) in [6, 6.07) is 11.3. The number of para-hydroxylation sites is 1. The van der Waals surface area contributed by atoms with Crippen molar-refractivity contribution in [2.75, 3.05) is 5.32 Å². The summed E-state index contributed by atoms with van der Waals surface area (Å²) in [6.07, 6.45) is 0.0553. The molecule has 2 atom stereocenters. The Kier molecular flexibility index (Phi) is 3.37. The van der Waals surface area contributed by atoms with Crippen LogP contribution in [0.5, 0.6) is 5.75 Å². The Morgan fingerprint density at radius 2 is 1.86 bits per heavy atom. The largest absolute Gasteiger partial charge is 0.489 e. The first kappa shape index (κ1) is 13.6. The van der Waals surface area contributed by atoms with Crippen LogP contribution in [0.3, 0.4) is 0 Å². The Bertz CT molecular complexity index is 682. The maximum absolute atomic E-state index is 12.9. The molecule has 2 aromatic carbocycles. The number of hydrogen-bond acceptors (Lipinski definition) is 2. The zero-order valence-corrected chi connectivity index (χ0v) is 11.9. The highest BCUT2D eigenvalue weighted by molar-refractivity contribution is 6.06. The lowest BCUT2D eigenvalue weighted by molar-refractivity contribution is 0.102. The first-order valence-electron chi connectivity index (χ1n) is 6.93. The summed E-state index contributed by atoms with van der Waals surface area (Å²) < 4.78 is 18.7. The highest BCUT2D eigenvalue weighted by atomic mass is 19.1. The number of ether oxygens (including phenoxy) is 1. The van der Waals surface area contributed by atoms with E-state index in [2.05, 4.69) is 12.2 Å². The fraction of sp³-hybridized carbons (Fsp3) is 0.235. The van der Waals surface area contributed by atoms with Crippen molar-refractivity contribution in [1.29, 1.82) is 0 Å². The minimum atomic E-state index is -0.334. The van der Waals surface area contributed by atoms with E-state index in [1.165, 1.54) is 24.3 Å². The van der Waals surface area contributed by atoms with Crippen LogP contribution >= 0.6 is 0 Å². The molecule has 4 heteroatoms. The van der Waals surface area contributed by atoms with Crippen molar-refractivity contribution in [1.82, 2.24) is 0 Å². The lowest BCUT2D eigenvalue weighted by Crippen LogP contribution is -2.14. The SMILES string of the molecule is CC1Oc2c(C(=O)Nc3ccc(F)cc3)cccc2C1C. The molecule has 21 heavy (non-hydrogen) atoms. The number of hydrogen-bond donors (Lipinski definition) is 1. The minimum Gasteiger partial charge on any atom is -0.489 e.